The molecular weight excluding hydrogens is 156 g/mol. The van der Waals surface area contributed by atoms with Crippen LogP contribution in [0.15, 0.2) is 0 Å². The lowest BCUT2D eigenvalue weighted by Gasteiger charge is -2.16. The van der Waals surface area contributed by atoms with Crippen LogP contribution in [0.4, 0.5) is 0 Å². The predicted octanol–water partition coefficient (Wildman–Crippen LogP) is 4.40. The Bertz CT molecular complexity index is 166. The van der Waals surface area contributed by atoms with Gasteiger partial charge < -0.3 is 0 Å². The Morgan fingerprint density at radius 2 is 1.62 bits per heavy atom. The van der Waals surface area contributed by atoms with Gasteiger partial charge in [0.1, 0.15) is 0 Å². The average Bonchev–Trinajstić information content (AvgIpc) is 2.04. The van der Waals surface area contributed by atoms with Crippen LogP contribution in [0.3, 0.4) is 0 Å². The molecule has 0 aliphatic carbocycles. The molecule has 0 heteroatoms. The van der Waals surface area contributed by atoms with E-state index in [1.807, 2.05) is 6.92 Å². The van der Waals surface area contributed by atoms with Gasteiger partial charge in [0, 0.05) is 5.41 Å². The molecule has 0 aliphatic heterocycles. The normalized spacial score (nSPS) is 10.8. The van der Waals surface area contributed by atoms with E-state index in [0.29, 0.717) is 0 Å². The molecule has 0 radical (unpaired) electrons. The fourth-order valence-electron chi connectivity index (χ4n) is 1.57. The van der Waals surface area contributed by atoms with Crippen LogP contribution >= 0.6 is 0 Å². The van der Waals surface area contributed by atoms with Crippen LogP contribution in [0.25, 0.3) is 0 Å². The Balaban J connectivity index is 3.44. The Morgan fingerprint density at radius 3 is 2.15 bits per heavy atom. The molecule has 0 saturated carbocycles. The van der Waals surface area contributed by atoms with Gasteiger partial charge in [0.15, 0.2) is 0 Å². The molecule has 0 fully saturated rings. The second-order valence-electron chi connectivity index (χ2n) is 4.42. The molecule has 0 aromatic rings. The van der Waals surface area contributed by atoms with Crippen molar-refractivity contribution in [3.8, 4) is 11.8 Å². The SMILES string of the molecule is CC#CC(C)(C)CCCCCCC. The third kappa shape index (κ3) is 7.91. The molecule has 13 heavy (non-hydrogen) atoms. The van der Waals surface area contributed by atoms with Crippen molar-refractivity contribution in [1.82, 2.24) is 0 Å². The van der Waals surface area contributed by atoms with Gasteiger partial charge in [-0.05, 0) is 27.2 Å². The second kappa shape index (κ2) is 7.01. The highest BCUT2D eigenvalue weighted by Crippen LogP contribution is 2.22. The Hall–Kier alpha value is -0.440. The zero-order chi connectivity index (χ0) is 10.2. The van der Waals surface area contributed by atoms with Crippen molar-refractivity contribution in [2.24, 2.45) is 5.41 Å². The lowest BCUT2D eigenvalue weighted by molar-refractivity contribution is 0.425. The minimum absolute atomic E-state index is 0.237. The molecule has 0 atom stereocenters. The van der Waals surface area contributed by atoms with Gasteiger partial charge in [-0.15, -0.1) is 5.92 Å². The summed E-state index contributed by atoms with van der Waals surface area (Å²) in [6.45, 7) is 8.66. The summed E-state index contributed by atoms with van der Waals surface area (Å²) in [5.74, 6) is 6.27. The Labute approximate surface area is 84.1 Å². The first-order chi connectivity index (χ1) is 6.12. The molecular formula is C13H24. The van der Waals surface area contributed by atoms with Gasteiger partial charge in [-0.1, -0.05) is 44.9 Å². The van der Waals surface area contributed by atoms with Gasteiger partial charge >= 0.3 is 0 Å². The van der Waals surface area contributed by atoms with E-state index in [4.69, 9.17) is 0 Å². The molecule has 0 N–H and O–H groups in total. The summed E-state index contributed by atoms with van der Waals surface area (Å²) < 4.78 is 0. The molecule has 0 unspecified atom stereocenters. The van der Waals surface area contributed by atoms with Gasteiger partial charge in [-0.3, -0.25) is 0 Å². The molecule has 0 amide bonds. The highest BCUT2D eigenvalue weighted by Gasteiger charge is 2.12. The van der Waals surface area contributed by atoms with E-state index in [-0.39, 0.29) is 5.41 Å². The minimum atomic E-state index is 0.237. The quantitative estimate of drug-likeness (QED) is 0.420. The van der Waals surface area contributed by atoms with E-state index in [0.717, 1.165) is 0 Å². The summed E-state index contributed by atoms with van der Waals surface area (Å²) in [5.41, 5.74) is 0.237. The summed E-state index contributed by atoms with van der Waals surface area (Å²) in [6, 6.07) is 0. The van der Waals surface area contributed by atoms with Crippen LogP contribution in [0.5, 0.6) is 0 Å². The Kier molecular flexibility index (Phi) is 6.77. The topological polar surface area (TPSA) is 0 Å². The fourth-order valence-corrected chi connectivity index (χ4v) is 1.57. The molecule has 0 bridgehead atoms. The summed E-state index contributed by atoms with van der Waals surface area (Å²) >= 11 is 0. The van der Waals surface area contributed by atoms with Crippen LogP contribution in [-0.4, -0.2) is 0 Å². The lowest BCUT2D eigenvalue weighted by atomic mass is 9.87. The second-order valence-corrected chi connectivity index (χ2v) is 4.42. The monoisotopic (exact) mass is 180 g/mol. The Morgan fingerprint density at radius 1 is 1.00 bits per heavy atom. The standard InChI is InChI=1S/C13H24/c1-5-7-8-9-10-12-13(3,4)11-6-2/h5,7-10,12H2,1-4H3. The molecule has 0 aromatic carbocycles. The zero-order valence-corrected chi connectivity index (χ0v) is 9.74. The molecule has 0 nitrogen and oxygen atoms in total. The molecule has 0 spiro atoms. The van der Waals surface area contributed by atoms with Crippen molar-refractivity contribution in [2.45, 2.75) is 66.2 Å². The van der Waals surface area contributed by atoms with Gasteiger partial charge in [0.25, 0.3) is 0 Å². The molecule has 0 heterocycles. The van der Waals surface area contributed by atoms with Gasteiger partial charge in [0.2, 0.25) is 0 Å². The maximum absolute atomic E-state index is 3.26. The zero-order valence-electron chi connectivity index (χ0n) is 9.74. The van der Waals surface area contributed by atoms with Crippen molar-refractivity contribution >= 4 is 0 Å². The van der Waals surface area contributed by atoms with Crippen LogP contribution < -0.4 is 0 Å². The first-order valence-electron chi connectivity index (χ1n) is 5.56. The van der Waals surface area contributed by atoms with Crippen molar-refractivity contribution in [1.29, 1.82) is 0 Å². The molecule has 0 aromatic heterocycles. The van der Waals surface area contributed by atoms with E-state index in [2.05, 4.69) is 32.6 Å². The smallest absolute Gasteiger partial charge is 0.0258 e. The third-order valence-electron chi connectivity index (χ3n) is 2.37. The first kappa shape index (κ1) is 12.6. The van der Waals surface area contributed by atoms with E-state index in [9.17, 15) is 0 Å². The highest BCUT2D eigenvalue weighted by molar-refractivity contribution is 5.06. The maximum atomic E-state index is 3.26. The van der Waals surface area contributed by atoms with E-state index >= 15 is 0 Å². The van der Waals surface area contributed by atoms with Gasteiger partial charge in [-0.2, -0.15) is 0 Å². The van der Waals surface area contributed by atoms with Crippen LogP contribution in [0, 0.1) is 17.3 Å². The van der Waals surface area contributed by atoms with E-state index in [1.54, 1.807) is 0 Å². The van der Waals surface area contributed by atoms with Crippen molar-refractivity contribution in [2.75, 3.05) is 0 Å². The number of hydrogen-bond donors (Lipinski definition) is 0. The highest BCUT2D eigenvalue weighted by atomic mass is 14.2. The molecule has 0 aliphatic rings. The van der Waals surface area contributed by atoms with Crippen LogP contribution in [0.1, 0.15) is 66.2 Å². The predicted molar refractivity (Wildman–Crippen MR) is 60.6 cm³/mol. The van der Waals surface area contributed by atoms with Crippen LogP contribution in [-0.2, 0) is 0 Å². The number of hydrogen-bond acceptors (Lipinski definition) is 0. The summed E-state index contributed by atoms with van der Waals surface area (Å²) in [6.07, 6.45) is 8.08. The van der Waals surface area contributed by atoms with Gasteiger partial charge in [0.05, 0.1) is 0 Å². The first-order valence-corrected chi connectivity index (χ1v) is 5.56. The minimum Gasteiger partial charge on any atom is -0.106 e. The fraction of sp³-hybridized carbons (Fsp3) is 0.846. The maximum Gasteiger partial charge on any atom is 0.0258 e. The van der Waals surface area contributed by atoms with Crippen molar-refractivity contribution < 1.29 is 0 Å². The third-order valence-corrected chi connectivity index (χ3v) is 2.37. The number of rotatable bonds is 6. The van der Waals surface area contributed by atoms with Gasteiger partial charge in [-0.25, -0.2) is 0 Å². The van der Waals surface area contributed by atoms with Crippen LogP contribution in [0.2, 0.25) is 0 Å². The van der Waals surface area contributed by atoms with E-state index in [1.165, 1.54) is 38.5 Å². The summed E-state index contributed by atoms with van der Waals surface area (Å²) in [7, 11) is 0. The summed E-state index contributed by atoms with van der Waals surface area (Å²) in [4.78, 5) is 0. The lowest BCUT2D eigenvalue weighted by Crippen LogP contribution is -2.07. The molecule has 76 valence electrons. The van der Waals surface area contributed by atoms with E-state index < -0.39 is 0 Å². The van der Waals surface area contributed by atoms with Crippen molar-refractivity contribution in [3.05, 3.63) is 0 Å². The average molecular weight is 180 g/mol. The largest absolute Gasteiger partial charge is 0.106 e. The summed E-state index contributed by atoms with van der Waals surface area (Å²) in [5, 5.41) is 0. The number of unbranched alkanes of at least 4 members (excludes halogenated alkanes) is 4. The molecule has 0 saturated heterocycles. The van der Waals surface area contributed by atoms with Crippen molar-refractivity contribution in [3.63, 3.8) is 0 Å². The molecule has 0 rings (SSSR count).